The van der Waals surface area contributed by atoms with Gasteiger partial charge >= 0.3 is 0 Å². The average molecular weight is 191 g/mol. The molecule has 2 saturated heterocycles. The van der Waals surface area contributed by atoms with Gasteiger partial charge in [-0.2, -0.15) is 0 Å². The van der Waals surface area contributed by atoms with Gasteiger partial charge in [0.05, 0.1) is 12.1 Å². The highest BCUT2D eigenvalue weighted by Gasteiger charge is 2.48. The van der Waals surface area contributed by atoms with Crippen molar-refractivity contribution in [2.45, 2.75) is 36.9 Å². The Labute approximate surface area is 75.6 Å². The van der Waals surface area contributed by atoms with Gasteiger partial charge < -0.3 is 15.3 Å². The zero-order valence-electron chi connectivity index (χ0n) is 7.17. The SMILES string of the molecule is O[C@H]1[C@H](O)[C@@H](O)CN2CC[C@@H](F)[C@H]12. The largest absolute Gasteiger partial charge is 0.389 e. The van der Waals surface area contributed by atoms with Gasteiger partial charge in [-0.1, -0.05) is 0 Å². The summed E-state index contributed by atoms with van der Waals surface area (Å²) in [4.78, 5) is 1.70. The lowest BCUT2D eigenvalue weighted by molar-refractivity contribution is -0.135. The number of halogens is 1. The minimum absolute atomic E-state index is 0.253. The van der Waals surface area contributed by atoms with E-state index in [4.69, 9.17) is 0 Å². The van der Waals surface area contributed by atoms with E-state index in [0.717, 1.165) is 0 Å². The first kappa shape index (κ1) is 9.33. The maximum absolute atomic E-state index is 13.2. The first-order valence-corrected chi connectivity index (χ1v) is 4.53. The van der Waals surface area contributed by atoms with Crippen LogP contribution in [-0.4, -0.2) is 63.8 Å². The van der Waals surface area contributed by atoms with Gasteiger partial charge in [-0.25, -0.2) is 4.39 Å². The van der Waals surface area contributed by atoms with Crippen LogP contribution in [0.5, 0.6) is 0 Å². The molecule has 5 heteroatoms. The van der Waals surface area contributed by atoms with Crippen LogP contribution in [0.2, 0.25) is 0 Å². The lowest BCUT2D eigenvalue weighted by Crippen LogP contribution is -2.60. The van der Waals surface area contributed by atoms with Crippen molar-refractivity contribution in [2.24, 2.45) is 0 Å². The molecule has 0 amide bonds. The predicted molar refractivity (Wildman–Crippen MR) is 42.9 cm³/mol. The van der Waals surface area contributed by atoms with Crippen LogP contribution in [0, 0.1) is 0 Å². The summed E-state index contributed by atoms with van der Waals surface area (Å²) in [7, 11) is 0. The summed E-state index contributed by atoms with van der Waals surface area (Å²) in [6, 6.07) is -0.626. The van der Waals surface area contributed by atoms with E-state index in [9.17, 15) is 19.7 Å². The van der Waals surface area contributed by atoms with E-state index in [0.29, 0.717) is 13.0 Å². The molecule has 76 valence electrons. The lowest BCUT2D eigenvalue weighted by atomic mass is 9.93. The van der Waals surface area contributed by atoms with E-state index in [1.807, 2.05) is 0 Å². The molecular formula is C8H14FNO3. The second kappa shape index (κ2) is 3.16. The van der Waals surface area contributed by atoms with E-state index in [1.165, 1.54) is 0 Å². The van der Waals surface area contributed by atoms with Crippen molar-refractivity contribution < 1.29 is 19.7 Å². The van der Waals surface area contributed by atoms with Crippen molar-refractivity contribution in [1.82, 2.24) is 4.90 Å². The van der Waals surface area contributed by atoms with Crippen molar-refractivity contribution in [3.63, 3.8) is 0 Å². The highest BCUT2D eigenvalue weighted by molar-refractivity contribution is 5.01. The molecule has 0 unspecified atom stereocenters. The normalized spacial score (nSPS) is 52.2. The summed E-state index contributed by atoms with van der Waals surface area (Å²) >= 11 is 0. The summed E-state index contributed by atoms with van der Waals surface area (Å²) in [5, 5.41) is 28.1. The van der Waals surface area contributed by atoms with E-state index in [2.05, 4.69) is 0 Å². The number of piperidine rings is 1. The van der Waals surface area contributed by atoms with Crippen LogP contribution in [0.3, 0.4) is 0 Å². The maximum atomic E-state index is 13.2. The Morgan fingerprint density at radius 3 is 2.54 bits per heavy atom. The Morgan fingerprint density at radius 1 is 1.15 bits per heavy atom. The summed E-state index contributed by atoms with van der Waals surface area (Å²) in [5.74, 6) is 0. The Balaban J connectivity index is 2.15. The van der Waals surface area contributed by atoms with Gasteiger partial charge in [0, 0.05) is 13.1 Å². The maximum Gasteiger partial charge on any atom is 0.119 e. The van der Waals surface area contributed by atoms with Crippen LogP contribution in [0.25, 0.3) is 0 Å². The fraction of sp³-hybridized carbons (Fsp3) is 1.00. The summed E-state index contributed by atoms with van der Waals surface area (Å²) in [5.41, 5.74) is 0. The number of aliphatic hydroxyl groups excluding tert-OH is 3. The first-order chi connectivity index (χ1) is 6.11. The van der Waals surface area contributed by atoms with Gasteiger partial charge in [0.25, 0.3) is 0 Å². The molecule has 2 rings (SSSR count). The van der Waals surface area contributed by atoms with Crippen LogP contribution in [0.15, 0.2) is 0 Å². The molecule has 0 bridgehead atoms. The zero-order chi connectivity index (χ0) is 9.59. The standard InChI is InChI=1S/C8H14FNO3/c9-4-1-2-10-3-5(11)7(12)8(13)6(4)10/h4-8,11-13H,1-3H2/t4-,5+,6-,7-,8-/m1/s1. The number of nitrogens with zero attached hydrogens (tertiary/aromatic N) is 1. The second-order valence-electron chi connectivity index (χ2n) is 3.84. The highest BCUT2D eigenvalue weighted by Crippen LogP contribution is 2.29. The molecule has 2 aliphatic heterocycles. The molecule has 0 aromatic carbocycles. The first-order valence-electron chi connectivity index (χ1n) is 4.53. The topological polar surface area (TPSA) is 63.9 Å². The monoisotopic (exact) mass is 191 g/mol. The number of fused-ring (bicyclic) bond motifs is 1. The Hall–Kier alpha value is -0.230. The van der Waals surface area contributed by atoms with Crippen molar-refractivity contribution in [3.05, 3.63) is 0 Å². The van der Waals surface area contributed by atoms with Gasteiger partial charge in [0.2, 0.25) is 0 Å². The Morgan fingerprint density at radius 2 is 1.85 bits per heavy atom. The van der Waals surface area contributed by atoms with Gasteiger partial charge in [0.1, 0.15) is 18.4 Å². The zero-order valence-corrected chi connectivity index (χ0v) is 7.17. The van der Waals surface area contributed by atoms with Crippen LogP contribution >= 0.6 is 0 Å². The van der Waals surface area contributed by atoms with Crippen molar-refractivity contribution in [1.29, 1.82) is 0 Å². The molecule has 3 N–H and O–H groups in total. The molecule has 0 aromatic heterocycles. The second-order valence-corrected chi connectivity index (χ2v) is 3.84. The smallest absolute Gasteiger partial charge is 0.119 e. The third-order valence-electron chi connectivity index (χ3n) is 3.00. The van der Waals surface area contributed by atoms with Gasteiger partial charge in [0.15, 0.2) is 0 Å². The third-order valence-corrected chi connectivity index (χ3v) is 3.00. The fourth-order valence-corrected chi connectivity index (χ4v) is 2.26. The molecule has 5 atom stereocenters. The molecule has 2 heterocycles. The van der Waals surface area contributed by atoms with Crippen LogP contribution in [0.1, 0.15) is 6.42 Å². The summed E-state index contributed by atoms with van der Waals surface area (Å²) in [6.45, 7) is 0.802. The Bertz CT molecular complexity index is 204. The minimum Gasteiger partial charge on any atom is -0.389 e. The molecule has 0 aliphatic carbocycles. The molecule has 2 fully saturated rings. The molecule has 0 aromatic rings. The highest BCUT2D eigenvalue weighted by atomic mass is 19.1. The molecule has 13 heavy (non-hydrogen) atoms. The number of aliphatic hydroxyl groups is 3. The van der Waals surface area contributed by atoms with Crippen LogP contribution in [0.4, 0.5) is 4.39 Å². The average Bonchev–Trinajstić information content (AvgIpc) is 2.43. The molecule has 0 saturated carbocycles. The number of hydrogen-bond acceptors (Lipinski definition) is 4. The van der Waals surface area contributed by atoms with Gasteiger partial charge in [-0.05, 0) is 6.42 Å². The fourth-order valence-electron chi connectivity index (χ4n) is 2.26. The summed E-state index contributed by atoms with van der Waals surface area (Å²) < 4.78 is 13.2. The van der Waals surface area contributed by atoms with Crippen molar-refractivity contribution in [3.8, 4) is 0 Å². The minimum atomic E-state index is -1.21. The Kier molecular flexibility index (Phi) is 2.27. The quantitative estimate of drug-likeness (QED) is 0.436. The van der Waals surface area contributed by atoms with E-state index >= 15 is 0 Å². The predicted octanol–water partition coefficient (Wildman–Crippen LogP) is -1.50. The number of rotatable bonds is 0. The molecular weight excluding hydrogens is 177 g/mol. The van der Waals surface area contributed by atoms with Gasteiger partial charge in [-0.15, -0.1) is 0 Å². The van der Waals surface area contributed by atoms with E-state index in [-0.39, 0.29) is 6.54 Å². The molecule has 0 radical (unpaired) electrons. The van der Waals surface area contributed by atoms with Crippen molar-refractivity contribution in [2.75, 3.05) is 13.1 Å². The summed E-state index contributed by atoms with van der Waals surface area (Å²) in [6.07, 6.45) is -4.05. The van der Waals surface area contributed by atoms with Gasteiger partial charge in [-0.3, -0.25) is 4.90 Å². The van der Waals surface area contributed by atoms with Crippen LogP contribution < -0.4 is 0 Å². The van der Waals surface area contributed by atoms with E-state index in [1.54, 1.807) is 4.90 Å². The van der Waals surface area contributed by atoms with Crippen LogP contribution in [-0.2, 0) is 0 Å². The van der Waals surface area contributed by atoms with Crippen molar-refractivity contribution >= 4 is 0 Å². The van der Waals surface area contributed by atoms with E-state index < -0.39 is 30.5 Å². The number of alkyl halides is 1. The lowest BCUT2D eigenvalue weighted by Gasteiger charge is -2.40. The molecule has 4 nitrogen and oxygen atoms in total. The molecule has 2 aliphatic rings. The molecule has 0 spiro atoms. The third kappa shape index (κ3) is 1.36. The number of hydrogen-bond donors (Lipinski definition) is 3.